The Kier molecular flexibility index (Phi) is 4.27. The van der Waals surface area contributed by atoms with E-state index in [0.29, 0.717) is 22.9 Å². The van der Waals surface area contributed by atoms with Gasteiger partial charge in [0.2, 0.25) is 0 Å². The van der Waals surface area contributed by atoms with Crippen LogP contribution in [-0.2, 0) is 22.3 Å². The van der Waals surface area contributed by atoms with Crippen LogP contribution in [0, 0.1) is 0 Å². The molecule has 126 valence electrons. The highest BCUT2D eigenvalue weighted by Gasteiger charge is 2.28. The zero-order valence-electron chi connectivity index (χ0n) is 13.1. The maximum absolute atomic E-state index is 12.7. The third-order valence-electron chi connectivity index (χ3n) is 3.99. The monoisotopic (exact) mass is 415 g/mol. The average molecular weight is 416 g/mol. The molecule has 0 spiro atoms. The van der Waals surface area contributed by atoms with E-state index in [2.05, 4.69) is 26.3 Å². The number of anilines is 1. The summed E-state index contributed by atoms with van der Waals surface area (Å²) >= 11 is 3.38. The molecular formula is C18H14BrN3O2S. The largest absolute Gasteiger partial charge is 0.306 e. The molecule has 2 heterocycles. The minimum absolute atomic E-state index is 0.223. The van der Waals surface area contributed by atoms with Crippen molar-refractivity contribution in [1.29, 1.82) is 0 Å². The second kappa shape index (κ2) is 6.57. The van der Waals surface area contributed by atoms with Crippen LogP contribution >= 0.6 is 15.9 Å². The van der Waals surface area contributed by atoms with E-state index in [0.717, 1.165) is 21.4 Å². The fraction of sp³-hybridized carbons (Fsp3) is 0.111. The predicted octanol–water partition coefficient (Wildman–Crippen LogP) is 3.65. The van der Waals surface area contributed by atoms with Gasteiger partial charge in [0.05, 0.1) is 22.9 Å². The molecule has 0 saturated heterocycles. The van der Waals surface area contributed by atoms with Gasteiger partial charge in [-0.2, -0.15) is 5.10 Å². The molecule has 1 unspecified atom stereocenters. The van der Waals surface area contributed by atoms with Gasteiger partial charge < -0.3 is 5.32 Å². The number of amides is 1. The first-order valence-electron chi connectivity index (χ1n) is 7.70. The van der Waals surface area contributed by atoms with Crippen LogP contribution in [-0.4, -0.2) is 19.9 Å². The minimum atomic E-state index is -0.961. The molecular weight excluding hydrogens is 402 g/mol. The summed E-state index contributed by atoms with van der Waals surface area (Å²) in [6.45, 7) is 0. The summed E-state index contributed by atoms with van der Waals surface area (Å²) in [5, 5.41) is 7.53. The molecule has 5 nitrogen and oxygen atoms in total. The van der Waals surface area contributed by atoms with Crippen molar-refractivity contribution < 1.29 is 9.00 Å². The summed E-state index contributed by atoms with van der Waals surface area (Å²) in [4.78, 5) is 12.7. The van der Waals surface area contributed by atoms with Crippen LogP contribution in [0.25, 0.3) is 5.69 Å². The number of halogens is 1. The first kappa shape index (κ1) is 16.2. The second-order valence-electron chi connectivity index (χ2n) is 5.71. The Labute approximate surface area is 155 Å². The van der Waals surface area contributed by atoms with E-state index in [1.807, 2.05) is 42.5 Å². The van der Waals surface area contributed by atoms with Gasteiger partial charge in [-0.05, 0) is 30.3 Å². The van der Waals surface area contributed by atoms with Crippen LogP contribution in [0.15, 0.2) is 59.1 Å². The fourth-order valence-electron chi connectivity index (χ4n) is 2.82. The van der Waals surface area contributed by atoms with Crippen molar-refractivity contribution in [2.75, 3.05) is 5.32 Å². The zero-order chi connectivity index (χ0) is 17.4. The van der Waals surface area contributed by atoms with Gasteiger partial charge in [-0.1, -0.05) is 40.2 Å². The third kappa shape index (κ3) is 3.17. The van der Waals surface area contributed by atoms with Crippen molar-refractivity contribution in [2.45, 2.75) is 11.5 Å². The maximum atomic E-state index is 12.7. The standard InChI is InChI=1S/C18H14BrN3O2S/c19-13-6-4-5-12(9-13)18(23)20-17-15-10-25(24)11-16(15)21-22(17)14-7-2-1-3-8-14/h1-9H,10-11H2,(H,20,23). The predicted molar refractivity (Wildman–Crippen MR) is 101 cm³/mol. The number of carbonyl (C=O) groups is 1. The Bertz CT molecular complexity index is 985. The second-order valence-corrected chi connectivity index (χ2v) is 8.09. The molecule has 1 aliphatic heterocycles. The van der Waals surface area contributed by atoms with Crippen molar-refractivity contribution in [3.8, 4) is 5.69 Å². The average Bonchev–Trinajstić information content (AvgIpc) is 3.13. The number of fused-ring (bicyclic) bond motifs is 1. The highest BCUT2D eigenvalue weighted by Crippen LogP contribution is 2.31. The number of rotatable bonds is 3. The van der Waals surface area contributed by atoms with Gasteiger partial charge >= 0.3 is 0 Å². The maximum Gasteiger partial charge on any atom is 0.256 e. The van der Waals surface area contributed by atoms with E-state index in [4.69, 9.17) is 0 Å². The molecule has 0 aliphatic carbocycles. The Morgan fingerprint density at radius 3 is 2.68 bits per heavy atom. The number of hydrogen-bond acceptors (Lipinski definition) is 3. The molecule has 1 N–H and O–H groups in total. The number of carbonyl (C=O) groups excluding carboxylic acids is 1. The lowest BCUT2D eigenvalue weighted by molar-refractivity contribution is 0.102. The van der Waals surface area contributed by atoms with Crippen molar-refractivity contribution >= 4 is 38.5 Å². The third-order valence-corrected chi connectivity index (χ3v) is 5.69. The minimum Gasteiger partial charge on any atom is -0.306 e. The first-order chi connectivity index (χ1) is 12.1. The van der Waals surface area contributed by atoms with Crippen molar-refractivity contribution in [2.24, 2.45) is 0 Å². The van der Waals surface area contributed by atoms with E-state index in [1.54, 1.807) is 16.8 Å². The summed E-state index contributed by atoms with van der Waals surface area (Å²) in [5.41, 5.74) is 3.03. The molecule has 0 bridgehead atoms. The number of nitrogens with zero attached hydrogens (tertiary/aromatic N) is 2. The molecule has 25 heavy (non-hydrogen) atoms. The Morgan fingerprint density at radius 1 is 1.12 bits per heavy atom. The Morgan fingerprint density at radius 2 is 1.92 bits per heavy atom. The zero-order valence-corrected chi connectivity index (χ0v) is 15.5. The van der Waals surface area contributed by atoms with E-state index in [1.165, 1.54) is 0 Å². The van der Waals surface area contributed by atoms with Crippen molar-refractivity contribution in [3.05, 3.63) is 75.9 Å². The molecule has 4 rings (SSSR count). The van der Waals surface area contributed by atoms with Gasteiger partial charge in [0.15, 0.2) is 0 Å². The molecule has 1 amide bonds. The number of hydrogen-bond donors (Lipinski definition) is 1. The SMILES string of the molecule is O=C(Nc1c2c(nn1-c1ccccc1)CS(=O)C2)c1cccc(Br)c1. The summed E-state index contributed by atoms with van der Waals surface area (Å²) in [6, 6.07) is 16.8. The summed E-state index contributed by atoms with van der Waals surface area (Å²) in [7, 11) is -0.961. The van der Waals surface area contributed by atoms with Gasteiger partial charge in [-0.3, -0.25) is 9.00 Å². The van der Waals surface area contributed by atoms with Crippen LogP contribution < -0.4 is 5.32 Å². The molecule has 7 heteroatoms. The number of para-hydroxylation sites is 1. The summed E-state index contributed by atoms with van der Waals surface area (Å²) in [5.74, 6) is 1.21. The first-order valence-corrected chi connectivity index (χ1v) is 9.98. The number of benzene rings is 2. The topological polar surface area (TPSA) is 64.0 Å². The lowest BCUT2D eigenvalue weighted by atomic mass is 10.2. The Balaban J connectivity index is 1.75. The van der Waals surface area contributed by atoms with Crippen molar-refractivity contribution in [1.82, 2.24) is 9.78 Å². The Hall–Kier alpha value is -2.25. The van der Waals surface area contributed by atoms with Crippen molar-refractivity contribution in [3.63, 3.8) is 0 Å². The van der Waals surface area contributed by atoms with Crippen LogP contribution in [0.2, 0.25) is 0 Å². The van der Waals surface area contributed by atoms with E-state index < -0.39 is 10.8 Å². The number of aromatic nitrogens is 2. The van der Waals surface area contributed by atoms with Crippen LogP contribution in [0.1, 0.15) is 21.6 Å². The quantitative estimate of drug-likeness (QED) is 0.709. The van der Waals surface area contributed by atoms with Gasteiger partial charge in [0.25, 0.3) is 5.91 Å². The molecule has 3 aromatic rings. The smallest absolute Gasteiger partial charge is 0.256 e. The molecule has 0 saturated carbocycles. The van der Waals surface area contributed by atoms with E-state index in [9.17, 15) is 9.00 Å². The van der Waals surface area contributed by atoms with E-state index in [-0.39, 0.29) is 5.91 Å². The summed E-state index contributed by atoms with van der Waals surface area (Å²) in [6.07, 6.45) is 0. The molecule has 2 aromatic carbocycles. The fourth-order valence-corrected chi connectivity index (χ4v) is 4.49. The van der Waals surface area contributed by atoms with Crippen LogP contribution in [0.4, 0.5) is 5.82 Å². The normalized spacial score (nSPS) is 15.8. The molecule has 0 fully saturated rings. The van der Waals surface area contributed by atoms with Crippen LogP contribution in [0.5, 0.6) is 0 Å². The van der Waals surface area contributed by atoms with Crippen LogP contribution in [0.3, 0.4) is 0 Å². The van der Waals surface area contributed by atoms with E-state index >= 15 is 0 Å². The molecule has 0 radical (unpaired) electrons. The highest BCUT2D eigenvalue weighted by molar-refractivity contribution is 9.10. The van der Waals surface area contributed by atoms with Gasteiger partial charge in [0.1, 0.15) is 5.82 Å². The number of nitrogens with one attached hydrogen (secondary N) is 1. The summed E-state index contributed by atoms with van der Waals surface area (Å²) < 4.78 is 14.5. The lowest BCUT2D eigenvalue weighted by Crippen LogP contribution is -2.16. The molecule has 1 atom stereocenters. The van der Waals surface area contributed by atoms with Gasteiger partial charge in [-0.25, -0.2) is 4.68 Å². The highest BCUT2D eigenvalue weighted by atomic mass is 79.9. The lowest BCUT2D eigenvalue weighted by Gasteiger charge is -2.11. The van der Waals surface area contributed by atoms with Gasteiger partial charge in [0, 0.05) is 26.4 Å². The molecule has 1 aliphatic rings. The van der Waals surface area contributed by atoms with Gasteiger partial charge in [-0.15, -0.1) is 0 Å². The molecule has 1 aromatic heterocycles.